The molecule has 0 saturated carbocycles. The van der Waals surface area contributed by atoms with Crippen LogP contribution in [0.3, 0.4) is 0 Å². The minimum atomic E-state index is 0.750. The summed E-state index contributed by atoms with van der Waals surface area (Å²) in [7, 11) is 0. The molecule has 0 aliphatic rings. The lowest BCUT2D eigenvalue weighted by molar-refractivity contribution is 0.112. The van der Waals surface area contributed by atoms with Crippen LogP contribution in [-0.2, 0) is 6.42 Å². The number of unbranched alkanes of at least 4 members (excludes halogenated alkanes) is 1. The second kappa shape index (κ2) is 4.93. The molecule has 0 fully saturated rings. The number of aryl methyl sites for hydroxylation is 1. The number of carbonyl (C=O) groups is 1. The van der Waals surface area contributed by atoms with Crippen LogP contribution in [-0.4, -0.2) is 6.29 Å². The molecule has 0 spiro atoms. The Morgan fingerprint density at radius 3 is 2.81 bits per heavy atom. The minimum Gasteiger partial charge on any atom is -0.298 e. The summed E-state index contributed by atoms with van der Waals surface area (Å²) in [5, 5.41) is 2.44. The summed E-state index contributed by atoms with van der Waals surface area (Å²) in [6, 6.07) is 12.2. The van der Waals surface area contributed by atoms with Crippen molar-refractivity contribution in [3.8, 4) is 0 Å². The van der Waals surface area contributed by atoms with Crippen molar-refractivity contribution < 1.29 is 4.79 Å². The summed E-state index contributed by atoms with van der Waals surface area (Å²) in [4.78, 5) is 10.7. The average Bonchev–Trinajstić information content (AvgIpc) is 2.35. The molecule has 1 heteroatoms. The fourth-order valence-electron chi connectivity index (χ4n) is 2.03. The van der Waals surface area contributed by atoms with E-state index in [1.54, 1.807) is 0 Å². The van der Waals surface area contributed by atoms with Crippen LogP contribution in [0.5, 0.6) is 0 Å². The van der Waals surface area contributed by atoms with Gasteiger partial charge in [-0.15, -0.1) is 0 Å². The van der Waals surface area contributed by atoms with Crippen LogP contribution < -0.4 is 0 Å². The SMILES string of the molecule is CCCCc1cccc2cc(C=O)ccc12. The molecule has 0 radical (unpaired) electrons. The largest absolute Gasteiger partial charge is 0.298 e. The molecule has 1 nitrogen and oxygen atoms in total. The Kier molecular flexibility index (Phi) is 3.35. The van der Waals surface area contributed by atoms with Crippen LogP contribution in [0.2, 0.25) is 0 Å². The van der Waals surface area contributed by atoms with Crippen LogP contribution >= 0.6 is 0 Å². The molecule has 0 heterocycles. The van der Waals surface area contributed by atoms with Gasteiger partial charge in [0, 0.05) is 5.56 Å². The fourth-order valence-corrected chi connectivity index (χ4v) is 2.03. The van der Waals surface area contributed by atoms with E-state index in [-0.39, 0.29) is 0 Å². The Morgan fingerprint density at radius 1 is 1.19 bits per heavy atom. The molecule has 0 aliphatic carbocycles. The minimum absolute atomic E-state index is 0.750. The maximum Gasteiger partial charge on any atom is 0.150 e. The van der Waals surface area contributed by atoms with Gasteiger partial charge in [-0.25, -0.2) is 0 Å². The maximum atomic E-state index is 10.7. The van der Waals surface area contributed by atoms with Crippen molar-refractivity contribution in [1.82, 2.24) is 0 Å². The molecule has 0 atom stereocenters. The Morgan fingerprint density at radius 2 is 2.06 bits per heavy atom. The smallest absolute Gasteiger partial charge is 0.150 e. The third-order valence-electron chi connectivity index (χ3n) is 2.93. The molecule has 2 aromatic rings. The number of aldehydes is 1. The predicted octanol–water partition coefficient (Wildman–Crippen LogP) is 3.99. The lowest BCUT2D eigenvalue weighted by Gasteiger charge is -2.06. The van der Waals surface area contributed by atoms with E-state index in [4.69, 9.17) is 0 Å². The first-order valence-electron chi connectivity index (χ1n) is 5.82. The first kappa shape index (κ1) is 10.9. The van der Waals surface area contributed by atoms with Gasteiger partial charge in [0.2, 0.25) is 0 Å². The molecular formula is C15H16O. The molecular weight excluding hydrogens is 196 g/mol. The Bertz CT molecular complexity index is 500. The van der Waals surface area contributed by atoms with Gasteiger partial charge < -0.3 is 0 Å². The topological polar surface area (TPSA) is 17.1 Å². The molecule has 0 N–H and O–H groups in total. The Balaban J connectivity index is 2.47. The third kappa shape index (κ3) is 2.13. The summed E-state index contributed by atoms with van der Waals surface area (Å²) in [5.74, 6) is 0. The summed E-state index contributed by atoms with van der Waals surface area (Å²) >= 11 is 0. The lowest BCUT2D eigenvalue weighted by atomic mass is 9.99. The van der Waals surface area contributed by atoms with Crippen LogP contribution in [0.1, 0.15) is 35.7 Å². The molecule has 82 valence electrons. The standard InChI is InChI=1S/C15H16O/c1-2-3-5-13-6-4-7-14-10-12(11-16)8-9-15(13)14/h4,6-11H,2-3,5H2,1H3. The van der Waals surface area contributed by atoms with Crippen LogP contribution in [0.15, 0.2) is 36.4 Å². The molecule has 16 heavy (non-hydrogen) atoms. The normalized spacial score (nSPS) is 10.6. The van der Waals surface area contributed by atoms with E-state index < -0.39 is 0 Å². The fraction of sp³-hybridized carbons (Fsp3) is 0.267. The number of benzene rings is 2. The highest BCUT2D eigenvalue weighted by Gasteiger charge is 2.01. The van der Waals surface area contributed by atoms with Crippen molar-refractivity contribution in [3.63, 3.8) is 0 Å². The first-order valence-corrected chi connectivity index (χ1v) is 5.82. The van der Waals surface area contributed by atoms with Gasteiger partial charge in [-0.3, -0.25) is 4.79 Å². The summed E-state index contributed by atoms with van der Waals surface area (Å²) in [6.07, 6.45) is 4.45. The van der Waals surface area contributed by atoms with E-state index in [0.29, 0.717) is 0 Å². The van der Waals surface area contributed by atoms with Crippen LogP contribution in [0, 0.1) is 0 Å². The van der Waals surface area contributed by atoms with E-state index in [2.05, 4.69) is 31.2 Å². The van der Waals surface area contributed by atoms with Crippen molar-refractivity contribution >= 4 is 17.1 Å². The van der Waals surface area contributed by atoms with E-state index in [1.807, 2.05) is 12.1 Å². The quantitative estimate of drug-likeness (QED) is 0.700. The molecule has 0 unspecified atom stereocenters. The highest BCUT2D eigenvalue weighted by Crippen LogP contribution is 2.21. The highest BCUT2D eigenvalue weighted by atomic mass is 16.1. The van der Waals surface area contributed by atoms with Gasteiger partial charge in [-0.1, -0.05) is 43.7 Å². The van der Waals surface area contributed by atoms with Gasteiger partial charge in [0.05, 0.1) is 0 Å². The number of fused-ring (bicyclic) bond motifs is 1. The first-order chi connectivity index (χ1) is 7.85. The van der Waals surface area contributed by atoms with Gasteiger partial charge >= 0.3 is 0 Å². The van der Waals surface area contributed by atoms with Crippen molar-refractivity contribution in [2.24, 2.45) is 0 Å². The zero-order chi connectivity index (χ0) is 11.4. The van der Waals surface area contributed by atoms with Gasteiger partial charge in [-0.2, -0.15) is 0 Å². The highest BCUT2D eigenvalue weighted by molar-refractivity contribution is 5.90. The second-order valence-corrected chi connectivity index (χ2v) is 4.12. The molecule has 2 rings (SSSR count). The van der Waals surface area contributed by atoms with Crippen molar-refractivity contribution in [2.45, 2.75) is 26.2 Å². The Hall–Kier alpha value is -1.63. The summed E-state index contributed by atoms with van der Waals surface area (Å²) in [5.41, 5.74) is 2.14. The summed E-state index contributed by atoms with van der Waals surface area (Å²) in [6.45, 7) is 2.20. The van der Waals surface area contributed by atoms with Gasteiger partial charge in [-0.05, 0) is 35.2 Å². The van der Waals surface area contributed by atoms with Gasteiger partial charge in [0.15, 0.2) is 0 Å². The van der Waals surface area contributed by atoms with Gasteiger partial charge in [0.25, 0.3) is 0 Å². The molecule has 0 aliphatic heterocycles. The maximum absolute atomic E-state index is 10.7. The zero-order valence-corrected chi connectivity index (χ0v) is 9.57. The summed E-state index contributed by atoms with van der Waals surface area (Å²) < 4.78 is 0. The zero-order valence-electron chi connectivity index (χ0n) is 9.57. The third-order valence-corrected chi connectivity index (χ3v) is 2.93. The number of carbonyl (C=O) groups excluding carboxylic acids is 1. The average molecular weight is 212 g/mol. The number of hydrogen-bond acceptors (Lipinski definition) is 1. The predicted molar refractivity (Wildman–Crippen MR) is 67.9 cm³/mol. The molecule has 0 amide bonds. The van der Waals surface area contributed by atoms with Crippen LogP contribution in [0.4, 0.5) is 0 Å². The Labute approximate surface area is 96.1 Å². The number of rotatable bonds is 4. The van der Waals surface area contributed by atoms with Crippen molar-refractivity contribution in [1.29, 1.82) is 0 Å². The lowest BCUT2D eigenvalue weighted by Crippen LogP contribution is -1.88. The van der Waals surface area contributed by atoms with Gasteiger partial charge in [0.1, 0.15) is 6.29 Å². The van der Waals surface area contributed by atoms with E-state index in [9.17, 15) is 4.79 Å². The van der Waals surface area contributed by atoms with Crippen molar-refractivity contribution in [3.05, 3.63) is 47.5 Å². The molecule has 0 saturated heterocycles. The monoisotopic (exact) mass is 212 g/mol. The molecule has 2 aromatic carbocycles. The second-order valence-electron chi connectivity index (χ2n) is 4.12. The van der Waals surface area contributed by atoms with E-state index in [1.165, 1.54) is 29.2 Å². The number of hydrogen-bond donors (Lipinski definition) is 0. The van der Waals surface area contributed by atoms with E-state index in [0.717, 1.165) is 18.3 Å². The van der Waals surface area contributed by atoms with E-state index >= 15 is 0 Å². The van der Waals surface area contributed by atoms with Crippen molar-refractivity contribution in [2.75, 3.05) is 0 Å². The van der Waals surface area contributed by atoms with Crippen LogP contribution in [0.25, 0.3) is 10.8 Å². The molecule has 0 bridgehead atoms. The molecule has 0 aromatic heterocycles.